The monoisotopic (exact) mass is 270 g/mol. The first-order valence-corrected chi connectivity index (χ1v) is 7.28. The molecule has 2 aromatic rings. The Labute approximate surface area is 120 Å². The molecular formula is C18H22O2. The molecule has 0 heterocycles. The molecule has 0 saturated heterocycles. The molecule has 2 heteroatoms. The largest absolute Gasteiger partial charge is 0.504 e. The van der Waals surface area contributed by atoms with E-state index in [1.54, 1.807) is 0 Å². The van der Waals surface area contributed by atoms with Crippen molar-refractivity contribution in [2.24, 2.45) is 0 Å². The second kappa shape index (κ2) is 6.00. The van der Waals surface area contributed by atoms with Crippen LogP contribution in [0.15, 0.2) is 30.3 Å². The number of rotatable bonds is 4. The van der Waals surface area contributed by atoms with E-state index in [1.807, 2.05) is 25.1 Å². The maximum Gasteiger partial charge on any atom is 0.165 e. The molecule has 0 spiro atoms. The molecule has 0 aromatic heterocycles. The zero-order valence-electron chi connectivity index (χ0n) is 12.4. The Morgan fingerprint density at radius 2 is 1.50 bits per heavy atom. The Hall–Kier alpha value is -1.96. The summed E-state index contributed by atoms with van der Waals surface area (Å²) in [5.74, 6) is 0.0241. The molecule has 0 saturated carbocycles. The molecule has 0 amide bonds. The second-order valence-corrected chi connectivity index (χ2v) is 5.03. The third-order valence-corrected chi connectivity index (χ3v) is 3.82. The minimum atomic E-state index is 0.00875. The van der Waals surface area contributed by atoms with Crippen molar-refractivity contribution in [3.8, 4) is 22.6 Å². The lowest BCUT2D eigenvalue weighted by Gasteiger charge is -2.15. The number of phenols is 2. The smallest absolute Gasteiger partial charge is 0.165 e. The summed E-state index contributed by atoms with van der Waals surface area (Å²) in [7, 11) is 0. The topological polar surface area (TPSA) is 40.5 Å². The van der Waals surface area contributed by atoms with Gasteiger partial charge in [-0.2, -0.15) is 0 Å². The average molecular weight is 270 g/mol. The lowest BCUT2D eigenvalue weighted by atomic mass is 9.92. The van der Waals surface area contributed by atoms with Gasteiger partial charge >= 0.3 is 0 Å². The Bertz CT molecular complexity index is 615. The summed E-state index contributed by atoms with van der Waals surface area (Å²) in [6, 6.07) is 10.1. The first-order valence-electron chi connectivity index (χ1n) is 7.28. The standard InChI is InChI=1S/C18H22O2/c1-4-12-8-7-9-15(10-12)16-13(5-2)11-14(6-3)17(19)18(16)20/h7-11,19-20H,4-6H2,1-3H3. The Kier molecular flexibility index (Phi) is 4.33. The second-order valence-electron chi connectivity index (χ2n) is 5.03. The maximum absolute atomic E-state index is 10.4. The molecule has 20 heavy (non-hydrogen) atoms. The highest BCUT2D eigenvalue weighted by atomic mass is 16.3. The van der Waals surface area contributed by atoms with E-state index in [9.17, 15) is 10.2 Å². The molecule has 2 N–H and O–H groups in total. The molecule has 0 bridgehead atoms. The molecule has 0 atom stereocenters. The van der Waals surface area contributed by atoms with Crippen LogP contribution in [0.25, 0.3) is 11.1 Å². The summed E-state index contributed by atoms with van der Waals surface area (Å²) in [5.41, 5.74) is 4.83. The van der Waals surface area contributed by atoms with E-state index < -0.39 is 0 Å². The molecule has 2 rings (SSSR count). The molecule has 106 valence electrons. The molecule has 0 aliphatic carbocycles. The predicted molar refractivity (Wildman–Crippen MR) is 83.3 cm³/mol. The first kappa shape index (κ1) is 14.4. The van der Waals surface area contributed by atoms with Gasteiger partial charge in [0.1, 0.15) is 0 Å². The van der Waals surface area contributed by atoms with Gasteiger partial charge in [0.15, 0.2) is 11.5 Å². The van der Waals surface area contributed by atoms with Crippen molar-refractivity contribution in [2.75, 3.05) is 0 Å². The van der Waals surface area contributed by atoms with E-state index in [2.05, 4.69) is 26.0 Å². The highest BCUT2D eigenvalue weighted by Gasteiger charge is 2.17. The van der Waals surface area contributed by atoms with Crippen LogP contribution in [0.1, 0.15) is 37.5 Å². The SMILES string of the molecule is CCc1cccc(-c2c(CC)cc(CC)c(O)c2O)c1. The van der Waals surface area contributed by atoms with Crippen molar-refractivity contribution in [1.29, 1.82) is 0 Å². The van der Waals surface area contributed by atoms with Gasteiger partial charge in [0, 0.05) is 5.56 Å². The normalized spacial score (nSPS) is 10.8. The van der Waals surface area contributed by atoms with Crippen LogP contribution in [-0.2, 0) is 19.3 Å². The minimum absolute atomic E-state index is 0.00875. The lowest BCUT2D eigenvalue weighted by molar-refractivity contribution is 0.400. The fraction of sp³-hybridized carbons (Fsp3) is 0.333. The van der Waals surface area contributed by atoms with E-state index in [4.69, 9.17) is 0 Å². The summed E-state index contributed by atoms with van der Waals surface area (Å²) in [6.45, 7) is 6.15. The van der Waals surface area contributed by atoms with Crippen molar-refractivity contribution in [3.05, 3.63) is 47.0 Å². The summed E-state index contributed by atoms with van der Waals surface area (Å²) in [4.78, 5) is 0. The number of phenolic OH excluding ortho intramolecular Hbond substituents is 2. The van der Waals surface area contributed by atoms with Crippen LogP contribution in [0.4, 0.5) is 0 Å². The third-order valence-electron chi connectivity index (χ3n) is 3.82. The van der Waals surface area contributed by atoms with Gasteiger partial charge in [0.2, 0.25) is 0 Å². The van der Waals surface area contributed by atoms with E-state index in [0.717, 1.165) is 35.1 Å². The highest BCUT2D eigenvalue weighted by molar-refractivity contribution is 5.78. The Morgan fingerprint density at radius 1 is 0.800 bits per heavy atom. The number of benzene rings is 2. The number of hydrogen-bond acceptors (Lipinski definition) is 2. The summed E-state index contributed by atoms with van der Waals surface area (Å²) < 4.78 is 0. The highest BCUT2D eigenvalue weighted by Crippen LogP contribution is 2.42. The van der Waals surface area contributed by atoms with Crippen LogP contribution in [0, 0.1) is 0 Å². The molecule has 0 fully saturated rings. The zero-order chi connectivity index (χ0) is 14.7. The van der Waals surface area contributed by atoms with Crippen LogP contribution in [0.5, 0.6) is 11.5 Å². The van der Waals surface area contributed by atoms with E-state index in [0.29, 0.717) is 6.42 Å². The first-order chi connectivity index (χ1) is 9.62. The van der Waals surface area contributed by atoms with Gasteiger partial charge in [-0.3, -0.25) is 0 Å². The summed E-state index contributed by atoms with van der Waals surface area (Å²) in [5, 5.41) is 20.5. The fourth-order valence-corrected chi connectivity index (χ4v) is 2.59. The van der Waals surface area contributed by atoms with Crippen molar-refractivity contribution >= 4 is 0 Å². The quantitative estimate of drug-likeness (QED) is 0.806. The van der Waals surface area contributed by atoms with Crippen molar-refractivity contribution in [3.63, 3.8) is 0 Å². The summed E-state index contributed by atoms with van der Waals surface area (Å²) in [6.07, 6.45) is 2.49. The van der Waals surface area contributed by atoms with Crippen molar-refractivity contribution < 1.29 is 10.2 Å². The molecular weight excluding hydrogens is 248 g/mol. The van der Waals surface area contributed by atoms with Crippen LogP contribution >= 0.6 is 0 Å². The Balaban J connectivity index is 2.69. The molecule has 0 aliphatic rings. The van der Waals surface area contributed by atoms with E-state index in [1.165, 1.54) is 5.56 Å². The van der Waals surface area contributed by atoms with Crippen LogP contribution < -0.4 is 0 Å². The van der Waals surface area contributed by atoms with E-state index in [-0.39, 0.29) is 11.5 Å². The maximum atomic E-state index is 10.4. The number of hydrogen-bond donors (Lipinski definition) is 2. The van der Waals surface area contributed by atoms with Crippen LogP contribution in [0.3, 0.4) is 0 Å². The van der Waals surface area contributed by atoms with Gasteiger partial charge in [0.05, 0.1) is 0 Å². The molecule has 0 radical (unpaired) electrons. The van der Waals surface area contributed by atoms with Gasteiger partial charge in [-0.1, -0.05) is 51.1 Å². The predicted octanol–water partition coefficient (Wildman–Crippen LogP) is 4.45. The molecule has 0 unspecified atom stereocenters. The van der Waals surface area contributed by atoms with Crippen LogP contribution in [-0.4, -0.2) is 10.2 Å². The van der Waals surface area contributed by atoms with Gasteiger partial charge in [0.25, 0.3) is 0 Å². The minimum Gasteiger partial charge on any atom is -0.504 e. The molecule has 0 aliphatic heterocycles. The fourth-order valence-electron chi connectivity index (χ4n) is 2.59. The van der Waals surface area contributed by atoms with Gasteiger partial charge in [-0.25, -0.2) is 0 Å². The van der Waals surface area contributed by atoms with Gasteiger partial charge in [-0.05, 0) is 41.5 Å². The number of aryl methyl sites for hydroxylation is 3. The van der Waals surface area contributed by atoms with Crippen molar-refractivity contribution in [2.45, 2.75) is 40.0 Å². The molecule has 2 aromatic carbocycles. The average Bonchev–Trinajstić information content (AvgIpc) is 2.49. The lowest BCUT2D eigenvalue weighted by Crippen LogP contribution is -1.94. The van der Waals surface area contributed by atoms with Crippen LogP contribution in [0.2, 0.25) is 0 Å². The van der Waals surface area contributed by atoms with Crippen molar-refractivity contribution in [1.82, 2.24) is 0 Å². The van der Waals surface area contributed by atoms with E-state index >= 15 is 0 Å². The zero-order valence-corrected chi connectivity index (χ0v) is 12.4. The molecule has 2 nitrogen and oxygen atoms in total. The van der Waals surface area contributed by atoms with Gasteiger partial charge < -0.3 is 10.2 Å². The van der Waals surface area contributed by atoms with Gasteiger partial charge in [-0.15, -0.1) is 0 Å². The Morgan fingerprint density at radius 3 is 2.10 bits per heavy atom. The third kappa shape index (κ3) is 2.51. The number of aromatic hydroxyl groups is 2. The summed E-state index contributed by atoms with van der Waals surface area (Å²) >= 11 is 0.